The molecule has 2 unspecified atom stereocenters. The molecule has 0 bridgehead atoms. The first-order valence-corrected chi connectivity index (χ1v) is 6.31. The fourth-order valence-corrected chi connectivity index (χ4v) is 2.81. The maximum atomic E-state index is 12.3. The average molecular weight is 242 g/mol. The predicted molar refractivity (Wildman–Crippen MR) is 57.3 cm³/mol. The number of halogens is 3. The summed E-state index contributed by atoms with van der Waals surface area (Å²) in [6, 6.07) is 0.00613. The quantitative estimate of drug-likeness (QED) is 0.805. The second kappa shape index (κ2) is 5.41. The molecule has 1 aliphatic rings. The van der Waals surface area contributed by atoms with Crippen molar-refractivity contribution < 1.29 is 13.2 Å². The molecular formula is C9H17F3N2S. The number of hydrogen-bond donors (Lipinski definition) is 1. The fourth-order valence-electron chi connectivity index (χ4n) is 1.94. The summed E-state index contributed by atoms with van der Waals surface area (Å²) < 4.78 is 36.9. The van der Waals surface area contributed by atoms with E-state index in [2.05, 4.69) is 5.32 Å². The van der Waals surface area contributed by atoms with Crippen molar-refractivity contribution in [1.82, 2.24) is 10.2 Å². The van der Waals surface area contributed by atoms with Gasteiger partial charge in [-0.3, -0.25) is 4.90 Å². The number of thioether (sulfide) groups is 1. The Hall–Kier alpha value is 0.0600. The van der Waals surface area contributed by atoms with Crippen LogP contribution in [-0.2, 0) is 0 Å². The molecule has 6 heteroatoms. The van der Waals surface area contributed by atoms with Crippen LogP contribution in [0.4, 0.5) is 13.2 Å². The van der Waals surface area contributed by atoms with Gasteiger partial charge in [-0.2, -0.15) is 24.9 Å². The maximum Gasteiger partial charge on any atom is 0.401 e. The summed E-state index contributed by atoms with van der Waals surface area (Å²) in [4.78, 5) is 1.52. The second-order valence-corrected chi connectivity index (χ2v) is 4.75. The molecule has 1 heterocycles. The van der Waals surface area contributed by atoms with Gasteiger partial charge in [0.05, 0.1) is 6.54 Å². The molecule has 0 aromatic heterocycles. The van der Waals surface area contributed by atoms with Crippen LogP contribution in [0.5, 0.6) is 0 Å². The minimum atomic E-state index is -4.10. The van der Waals surface area contributed by atoms with Crippen molar-refractivity contribution in [3.63, 3.8) is 0 Å². The first-order chi connectivity index (χ1) is 6.98. The molecule has 1 saturated heterocycles. The van der Waals surface area contributed by atoms with Crippen LogP contribution in [0.15, 0.2) is 0 Å². The van der Waals surface area contributed by atoms with Gasteiger partial charge >= 0.3 is 6.18 Å². The maximum absolute atomic E-state index is 12.3. The number of nitrogens with zero attached hydrogens (tertiary/aromatic N) is 1. The molecule has 0 spiro atoms. The van der Waals surface area contributed by atoms with Crippen molar-refractivity contribution in [1.29, 1.82) is 0 Å². The minimum Gasteiger partial charge on any atom is -0.314 e. The SMILES string of the molecule is CCN(CC(F)(F)F)C1CNCC1SC. The number of rotatable bonds is 4. The monoisotopic (exact) mass is 242 g/mol. The van der Waals surface area contributed by atoms with Gasteiger partial charge in [0.15, 0.2) is 0 Å². The number of nitrogens with one attached hydrogen (secondary N) is 1. The number of likely N-dealkylation sites (N-methyl/N-ethyl adjacent to an activating group) is 1. The van der Waals surface area contributed by atoms with E-state index >= 15 is 0 Å². The summed E-state index contributed by atoms with van der Waals surface area (Å²) in [6.07, 6.45) is -2.15. The van der Waals surface area contributed by atoms with Gasteiger partial charge in [0.2, 0.25) is 0 Å². The molecule has 1 aliphatic heterocycles. The van der Waals surface area contributed by atoms with Crippen molar-refractivity contribution in [2.45, 2.75) is 24.4 Å². The van der Waals surface area contributed by atoms with Crippen LogP contribution in [0.3, 0.4) is 0 Å². The standard InChI is InChI=1S/C9H17F3N2S/c1-3-14(6-9(10,11)12)7-4-13-5-8(7)15-2/h7-8,13H,3-6H2,1-2H3. The van der Waals surface area contributed by atoms with E-state index in [0.29, 0.717) is 13.1 Å². The lowest BCUT2D eigenvalue weighted by molar-refractivity contribution is -0.149. The molecule has 15 heavy (non-hydrogen) atoms. The molecule has 90 valence electrons. The van der Waals surface area contributed by atoms with Crippen molar-refractivity contribution in [2.75, 3.05) is 32.4 Å². The van der Waals surface area contributed by atoms with E-state index in [-0.39, 0.29) is 11.3 Å². The van der Waals surface area contributed by atoms with Crippen LogP contribution >= 0.6 is 11.8 Å². The average Bonchev–Trinajstić information content (AvgIpc) is 2.60. The van der Waals surface area contributed by atoms with Gasteiger partial charge in [0, 0.05) is 24.4 Å². The van der Waals surface area contributed by atoms with E-state index in [1.165, 1.54) is 4.90 Å². The Labute approximate surface area is 92.6 Å². The summed E-state index contributed by atoms with van der Waals surface area (Å²) in [5.41, 5.74) is 0. The van der Waals surface area contributed by atoms with Gasteiger partial charge in [-0.25, -0.2) is 0 Å². The van der Waals surface area contributed by atoms with E-state index in [4.69, 9.17) is 0 Å². The Morgan fingerprint density at radius 1 is 1.40 bits per heavy atom. The summed E-state index contributed by atoms with van der Waals surface area (Å²) >= 11 is 1.64. The predicted octanol–water partition coefficient (Wildman–Crippen LogP) is 1.57. The lowest BCUT2D eigenvalue weighted by atomic mass is 10.2. The van der Waals surface area contributed by atoms with Crippen molar-refractivity contribution in [3.8, 4) is 0 Å². The molecule has 0 aliphatic carbocycles. The zero-order chi connectivity index (χ0) is 11.5. The lowest BCUT2D eigenvalue weighted by Gasteiger charge is -2.31. The Morgan fingerprint density at radius 2 is 2.07 bits per heavy atom. The fraction of sp³-hybridized carbons (Fsp3) is 1.00. The van der Waals surface area contributed by atoms with E-state index < -0.39 is 12.7 Å². The zero-order valence-electron chi connectivity index (χ0n) is 8.97. The van der Waals surface area contributed by atoms with Crippen LogP contribution in [0.1, 0.15) is 6.92 Å². The molecule has 1 rings (SSSR count). The Balaban J connectivity index is 2.57. The number of hydrogen-bond acceptors (Lipinski definition) is 3. The van der Waals surface area contributed by atoms with E-state index in [1.54, 1.807) is 18.7 Å². The smallest absolute Gasteiger partial charge is 0.314 e. The Kier molecular flexibility index (Phi) is 4.73. The molecule has 1 fully saturated rings. The summed E-state index contributed by atoms with van der Waals surface area (Å²) in [5, 5.41) is 3.41. The first kappa shape index (κ1) is 13.1. The van der Waals surface area contributed by atoms with Crippen LogP contribution in [0.2, 0.25) is 0 Å². The molecule has 2 atom stereocenters. The topological polar surface area (TPSA) is 15.3 Å². The van der Waals surface area contributed by atoms with Crippen LogP contribution in [0.25, 0.3) is 0 Å². The van der Waals surface area contributed by atoms with Crippen LogP contribution in [-0.4, -0.2) is 54.8 Å². The largest absolute Gasteiger partial charge is 0.401 e. The van der Waals surface area contributed by atoms with Crippen molar-refractivity contribution in [2.24, 2.45) is 0 Å². The molecule has 0 saturated carbocycles. The van der Waals surface area contributed by atoms with E-state index in [9.17, 15) is 13.2 Å². The zero-order valence-corrected chi connectivity index (χ0v) is 9.79. The summed E-state index contributed by atoms with van der Waals surface area (Å²) in [7, 11) is 0. The molecule has 0 aromatic carbocycles. The molecule has 2 nitrogen and oxygen atoms in total. The van der Waals surface area contributed by atoms with Gasteiger partial charge in [0.25, 0.3) is 0 Å². The highest BCUT2D eigenvalue weighted by atomic mass is 32.2. The Morgan fingerprint density at radius 3 is 2.53 bits per heavy atom. The van der Waals surface area contributed by atoms with Crippen molar-refractivity contribution in [3.05, 3.63) is 0 Å². The molecule has 0 amide bonds. The van der Waals surface area contributed by atoms with E-state index in [1.807, 2.05) is 6.26 Å². The third-order valence-corrected chi connectivity index (χ3v) is 3.77. The van der Waals surface area contributed by atoms with Crippen LogP contribution < -0.4 is 5.32 Å². The molecule has 0 radical (unpaired) electrons. The molecule has 1 N–H and O–H groups in total. The highest BCUT2D eigenvalue weighted by molar-refractivity contribution is 7.99. The van der Waals surface area contributed by atoms with E-state index in [0.717, 1.165) is 6.54 Å². The Bertz CT molecular complexity index is 198. The highest BCUT2D eigenvalue weighted by Crippen LogP contribution is 2.24. The third kappa shape index (κ3) is 3.85. The number of alkyl halides is 3. The second-order valence-electron chi connectivity index (χ2n) is 3.68. The van der Waals surface area contributed by atoms with Gasteiger partial charge < -0.3 is 5.32 Å². The van der Waals surface area contributed by atoms with Gasteiger partial charge in [-0.15, -0.1) is 0 Å². The molecule has 0 aromatic rings. The van der Waals surface area contributed by atoms with Crippen LogP contribution in [0, 0.1) is 0 Å². The summed E-state index contributed by atoms with van der Waals surface area (Å²) in [5.74, 6) is 0. The highest BCUT2D eigenvalue weighted by Gasteiger charge is 2.37. The van der Waals surface area contributed by atoms with Gasteiger partial charge in [-0.1, -0.05) is 6.92 Å². The van der Waals surface area contributed by atoms with Gasteiger partial charge in [-0.05, 0) is 12.8 Å². The van der Waals surface area contributed by atoms with Gasteiger partial charge in [0.1, 0.15) is 0 Å². The normalized spacial score (nSPS) is 27.6. The van der Waals surface area contributed by atoms with Crippen molar-refractivity contribution >= 4 is 11.8 Å². The molecular weight excluding hydrogens is 225 g/mol. The third-order valence-electron chi connectivity index (χ3n) is 2.69. The summed E-state index contributed by atoms with van der Waals surface area (Å²) in [6.45, 7) is 2.90. The first-order valence-electron chi connectivity index (χ1n) is 5.02. The lowest BCUT2D eigenvalue weighted by Crippen LogP contribution is -2.46. The minimum absolute atomic E-state index is 0.00613.